The molecular weight excluding hydrogens is 782 g/mol. The Labute approximate surface area is 354 Å². The minimum Gasteiger partial charge on any atom is -0.463 e. The summed E-state index contributed by atoms with van der Waals surface area (Å²) in [6.07, 6.45) is -5.01. The lowest BCUT2D eigenvalue weighted by molar-refractivity contribution is -0.301. The van der Waals surface area contributed by atoms with E-state index in [0.717, 1.165) is 0 Å². The Balaban J connectivity index is 1.91. The maximum absolute atomic E-state index is 14.3. The summed E-state index contributed by atoms with van der Waals surface area (Å²) in [5.74, 6) is -4.09. The number of nitrogens with zero attached hydrogens (tertiary/aromatic N) is 3. The Morgan fingerprint density at radius 1 is 1.05 bits per heavy atom. The predicted molar refractivity (Wildman–Crippen MR) is 224 cm³/mol. The van der Waals surface area contributed by atoms with Crippen molar-refractivity contribution in [2.45, 2.75) is 148 Å². The number of likely N-dealkylation sites (N-methyl/N-ethyl adjacent to an activating group) is 1. The van der Waals surface area contributed by atoms with Gasteiger partial charge in [0.1, 0.15) is 35.4 Å². The quantitative estimate of drug-likeness (QED) is 0.148. The Morgan fingerprint density at radius 3 is 2.29 bits per heavy atom. The lowest BCUT2D eigenvalue weighted by Crippen LogP contribution is -2.60. The fourth-order valence-corrected chi connectivity index (χ4v) is 8.74. The van der Waals surface area contributed by atoms with Crippen LogP contribution >= 0.6 is 11.6 Å². The van der Waals surface area contributed by atoms with Crippen LogP contribution in [0.4, 0.5) is 0 Å². The lowest BCUT2D eigenvalue weighted by atomic mass is 9.73. The zero-order valence-electron chi connectivity index (χ0n) is 36.6. The van der Waals surface area contributed by atoms with Crippen molar-refractivity contribution in [2.75, 3.05) is 21.2 Å². The third-order valence-corrected chi connectivity index (χ3v) is 12.5. The normalized spacial score (nSPS) is 37.5. The summed E-state index contributed by atoms with van der Waals surface area (Å²) in [4.78, 5) is 30.1. The highest BCUT2D eigenvalue weighted by Crippen LogP contribution is 2.40. The molecule has 2 aliphatic heterocycles. The van der Waals surface area contributed by atoms with Gasteiger partial charge in [0.05, 0.1) is 42.5 Å². The molecule has 3 N–H and O–H groups in total. The largest absolute Gasteiger partial charge is 0.463 e. The molecule has 14 atom stereocenters. The topological polar surface area (TPSA) is 182 Å². The molecule has 1 aromatic heterocycles. The fraction of sp³-hybridized carbons (Fsp3) is 0.682. The van der Waals surface area contributed by atoms with E-state index < -0.39 is 83.6 Å². The van der Waals surface area contributed by atoms with E-state index in [4.69, 9.17) is 44.8 Å². The predicted octanol–water partition coefficient (Wildman–Crippen LogP) is 5.85. The number of esters is 2. The monoisotopic (exact) mass is 847 g/mol. The molecule has 4 rings (SSSR count). The molecule has 2 fully saturated rings. The second-order valence-corrected chi connectivity index (χ2v) is 17.6. The van der Waals surface area contributed by atoms with Crippen molar-refractivity contribution in [3.05, 3.63) is 59.0 Å². The molecule has 59 heavy (non-hydrogen) atoms. The molecule has 0 radical (unpaired) electrons. The average Bonchev–Trinajstić information content (AvgIpc) is 3.74. The van der Waals surface area contributed by atoms with Crippen molar-refractivity contribution in [3.63, 3.8) is 0 Å². The number of furan rings is 1. The van der Waals surface area contributed by atoms with Crippen molar-refractivity contribution < 1.29 is 53.0 Å². The van der Waals surface area contributed by atoms with Crippen molar-refractivity contribution in [3.8, 4) is 0 Å². The van der Waals surface area contributed by atoms with Crippen LogP contribution in [0.25, 0.3) is 0 Å². The molecule has 1 aromatic carbocycles. The smallest absolute Gasteiger partial charge is 0.312 e. The van der Waals surface area contributed by atoms with E-state index in [1.54, 1.807) is 71.0 Å². The van der Waals surface area contributed by atoms with Crippen LogP contribution in [0.3, 0.4) is 0 Å². The van der Waals surface area contributed by atoms with E-state index in [9.17, 15) is 24.9 Å². The molecule has 2 saturated heterocycles. The Kier molecular flexibility index (Phi) is 16.9. The summed E-state index contributed by atoms with van der Waals surface area (Å²) in [5.41, 5.74) is -1.66. The van der Waals surface area contributed by atoms with E-state index in [1.165, 1.54) is 20.3 Å². The number of methoxy groups -OCH3 is 1. The highest BCUT2D eigenvalue weighted by molar-refractivity contribution is 6.30. The minimum atomic E-state index is -1.95. The molecule has 0 aliphatic carbocycles. The van der Waals surface area contributed by atoms with Crippen LogP contribution in [0.5, 0.6) is 0 Å². The van der Waals surface area contributed by atoms with Crippen LogP contribution in [0.2, 0.25) is 5.02 Å². The zero-order valence-corrected chi connectivity index (χ0v) is 37.4. The first-order valence-corrected chi connectivity index (χ1v) is 20.9. The van der Waals surface area contributed by atoms with Crippen LogP contribution in [-0.2, 0) is 39.7 Å². The van der Waals surface area contributed by atoms with Gasteiger partial charge in [-0.15, -0.1) is 0 Å². The number of cyclic esters (lactones) is 1. The van der Waals surface area contributed by atoms with Gasteiger partial charge < -0.3 is 48.3 Å². The molecular formula is C44H66ClN3O11. The average molecular weight is 848 g/mol. The standard InChI is InChI=1S/C44H66ClN3O11/c1-13-34-44(9,53)39(51)26(4)36(47-46-29(7)33-15-14-20-55-33)24(2)23-43(8,54-12)40(59-42-37(50)32(48(10)11)21-25(3)56-42)27(5)38(28(6)41(52)57-34)58-35(49)22-30-16-18-31(45)19-17-30/h14-20,24-28,32,34,37-40,42,50-51,53H,13,21-23H2,1-12H3/b46-29+,47-36+/t24-,25?,26+,27+,28-,32?,34-,37?,38+,39-,40-,42?,43-,44-/m1/s1. The number of benzene rings is 1. The Hall–Kier alpha value is -3.21. The molecule has 0 saturated carbocycles. The van der Waals surface area contributed by atoms with Gasteiger partial charge in [0.15, 0.2) is 6.29 Å². The first kappa shape index (κ1) is 48.5. The molecule has 3 heterocycles. The molecule has 2 aliphatic rings. The van der Waals surface area contributed by atoms with E-state index in [-0.39, 0.29) is 31.4 Å². The molecule has 330 valence electrons. The number of hydrogen-bond donors (Lipinski definition) is 3. The van der Waals surface area contributed by atoms with Gasteiger partial charge in [0, 0.05) is 35.7 Å². The lowest BCUT2D eigenvalue weighted by Gasteiger charge is -2.48. The molecule has 0 spiro atoms. The number of aliphatic hydroxyl groups excluding tert-OH is 2. The Morgan fingerprint density at radius 2 is 1.71 bits per heavy atom. The molecule has 0 bridgehead atoms. The second-order valence-electron chi connectivity index (χ2n) is 17.1. The van der Waals surface area contributed by atoms with Gasteiger partial charge in [-0.25, -0.2) is 0 Å². The van der Waals surface area contributed by atoms with Gasteiger partial charge in [-0.3, -0.25) is 9.59 Å². The van der Waals surface area contributed by atoms with Crippen LogP contribution in [0.1, 0.15) is 92.9 Å². The van der Waals surface area contributed by atoms with E-state index in [1.807, 2.05) is 39.8 Å². The van der Waals surface area contributed by atoms with E-state index in [0.29, 0.717) is 34.2 Å². The molecule has 14 nitrogen and oxygen atoms in total. The van der Waals surface area contributed by atoms with Gasteiger partial charge in [-0.1, -0.05) is 51.4 Å². The first-order chi connectivity index (χ1) is 27.6. The SMILES string of the molecule is CC[C@H]1OC(=O)[C@H](C)[C@@H](OC(=O)Cc2ccc(Cl)cc2)[C@H](C)[C@@H](OC2OC(C)CC(N(C)C)C2O)[C@](C)(OC)C[C@@H](C)/C(=N\N=C(/C)c2ccco2)[C@H](C)[C@@H](O)[C@]1(C)O. The molecule has 2 aromatic rings. The third-order valence-electron chi connectivity index (χ3n) is 12.2. The van der Waals surface area contributed by atoms with Gasteiger partial charge in [-0.05, 0) is 104 Å². The minimum absolute atomic E-state index is 0.118. The fourth-order valence-electron chi connectivity index (χ4n) is 8.61. The summed E-state index contributed by atoms with van der Waals surface area (Å²) in [6, 6.07) is 9.98. The van der Waals surface area contributed by atoms with E-state index >= 15 is 0 Å². The van der Waals surface area contributed by atoms with Crippen molar-refractivity contribution in [2.24, 2.45) is 33.9 Å². The van der Waals surface area contributed by atoms with Crippen molar-refractivity contribution >= 4 is 35.0 Å². The first-order valence-electron chi connectivity index (χ1n) is 20.6. The highest BCUT2D eigenvalue weighted by atomic mass is 35.5. The number of halogens is 1. The molecule has 4 unspecified atom stereocenters. The van der Waals surface area contributed by atoms with Crippen molar-refractivity contribution in [1.82, 2.24) is 4.90 Å². The van der Waals surface area contributed by atoms with Crippen LogP contribution in [0, 0.1) is 23.7 Å². The molecule has 15 heteroatoms. The van der Waals surface area contributed by atoms with Gasteiger partial charge >= 0.3 is 11.9 Å². The maximum atomic E-state index is 14.3. The van der Waals surface area contributed by atoms with Gasteiger partial charge in [0.2, 0.25) is 0 Å². The third kappa shape index (κ3) is 11.6. The van der Waals surface area contributed by atoms with Crippen LogP contribution < -0.4 is 0 Å². The maximum Gasteiger partial charge on any atom is 0.312 e. The summed E-state index contributed by atoms with van der Waals surface area (Å²) in [5, 5.41) is 45.4. The van der Waals surface area contributed by atoms with Crippen molar-refractivity contribution in [1.29, 1.82) is 0 Å². The van der Waals surface area contributed by atoms with Crippen LogP contribution in [0.15, 0.2) is 57.3 Å². The zero-order chi connectivity index (χ0) is 44.0. The molecule has 0 amide bonds. The van der Waals surface area contributed by atoms with E-state index in [2.05, 4.69) is 5.10 Å². The summed E-state index contributed by atoms with van der Waals surface area (Å²) < 4.78 is 37.5. The number of carbonyl (C=O) groups excluding carboxylic acids is 2. The number of rotatable bonds is 10. The van der Waals surface area contributed by atoms with Crippen LogP contribution in [-0.4, -0.2) is 125 Å². The second kappa shape index (κ2) is 20.6. The number of carbonyl (C=O) groups is 2. The number of hydrogen-bond acceptors (Lipinski definition) is 14. The number of aliphatic hydroxyl groups is 3. The summed E-state index contributed by atoms with van der Waals surface area (Å²) >= 11 is 6.11. The summed E-state index contributed by atoms with van der Waals surface area (Å²) in [6.45, 7) is 15.7. The van der Waals surface area contributed by atoms with Gasteiger partial charge in [0.25, 0.3) is 0 Å². The Bertz CT molecular complexity index is 1740. The summed E-state index contributed by atoms with van der Waals surface area (Å²) in [7, 11) is 5.29. The van der Waals surface area contributed by atoms with Gasteiger partial charge in [-0.2, -0.15) is 10.2 Å². The number of ether oxygens (including phenoxy) is 5. The highest BCUT2D eigenvalue weighted by Gasteiger charge is 2.52.